The zero-order valence-electron chi connectivity index (χ0n) is 10.2. The summed E-state index contributed by atoms with van der Waals surface area (Å²) in [6, 6.07) is 0. The van der Waals surface area contributed by atoms with Crippen LogP contribution in [0.15, 0.2) is 0 Å². The SMILES string of the molecule is CCOC(C)CNCCOC(C)(C)C. The molecule has 0 rings (SSSR count). The van der Waals surface area contributed by atoms with Gasteiger partial charge in [0.1, 0.15) is 0 Å². The zero-order chi connectivity index (χ0) is 11.0. The highest BCUT2D eigenvalue weighted by molar-refractivity contribution is 4.60. The van der Waals surface area contributed by atoms with Crippen LogP contribution in [0, 0.1) is 0 Å². The Kier molecular flexibility index (Phi) is 7.15. The molecular formula is C11H25NO2. The van der Waals surface area contributed by atoms with Gasteiger partial charge in [-0.1, -0.05) is 0 Å². The van der Waals surface area contributed by atoms with E-state index in [-0.39, 0.29) is 11.7 Å². The monoisotopic (exact) mass is 203 g/mol. The van der Waals surface area contributed by atoms with E-state index in [1.807, 2.05) is 6.92 Å². The second-order valence-electron chi connectivity index (χ2n) is 4.43. The summed E-state index contributed by atoms with van der Waals surface area (Å²) >= 11 is 0. The maximum Gasteiger partial charge on any atom is 0.0671 e. The Bertz CT molecular complexity index is 132. The molecule has 0 aromatic rings. The van der Waals surface area contributed by atoms with Gasteiger partial charge in [-0.15, -0.1) is 0 Å². The minimum absolute atomic E-state index is 0.0345. The number of hydrogen-bond donors (Lipinski definition) is 1. The first-order chi connectivity index (χ1) is 6.45. The molecule has 0 bridgehead atoms. The van der Waals surface area contributed by atoms with Crippen LogP contribution in [0.2, 0.25) is 0 Å². The molecule has 0 aromatic carbocycles. The van der Waals surface area contributed by atoms with Gasteiger partial charge in [0.15, 0.2) is 0 Å². The Morgan fingerprint density at radius 3 is 2.43 bits per heavy atom. The number of nitrogens with one attached hydrogen (secondary N) is 1. The van der Waals surface area contributed by atoms with Crippen LogP contribution in [0.1, 0.15) is 34.6 Å². The van der Waals surface area contributed by atoms with Crippen molar-refractivity contribution in [3.63, 3.8) is 0 Å². The summed E-state index contributed by atoms with van der Waals surface area (Å²) < 4.78 is 11.0. The van der Waals surface area contributed by atoms with Gasteiger partial charge in [-0.2, -0.15) is 0 Å². The molecule has 3 nitrogen and oxygen atoms in total. The molecular weight excluding hydrogens is 178 g/mol. The van der Waals surface area contributed by atoms with Crippen molar-refractivity contribution in [2.24, 2.45) is 0 Å². The molecule has 0 heterocycles. The van der Waals surface area contributed by atoms with Crippen LogP contribution in [-0.2, 0) is 9.47 Å². The van der Waals surface area contributed by atoms with Crippen molar-refractivity contribution in [2.45, 2.75) is 46.3 Å². The Balaban J connectivity index is 3.21. The topological polar surface area (TPSA) is 30.5 Å². The molecule has 0 saturated heterocycles. The molecule has 0 amide bonds. The van der Waals surface area contributed by atoms with Gasteiger partial charge < -0.3 is 14.8 Å². The highest BCUT2D eigenvalue weighted by Gasteiger charge is 2.08. The van der Waals surface area contributed by atoms with Crippen molar-refractivity contribution < 1.29 is 9.47 Å². The fourth-order valence-corrected chi connectivity index (χ4v) is 1.08. The van der Waals surface area contributed by atoms with Crippen LogP contribution in [0.3, 0.4) is 0 Å². The summed E-state index contributed by atoms with van der Waals surface area (Å²) in [5.74, 6) is 0. The summed E-state index contributed by atoms with van der Waals surface area (Å²) in [7, 11) is 0. The summed E-state index contributed by atoms with van der Waals surface area (Å²) in [5.41, 5.74) is -0.0345. The normalized spacial score (nSPS) is 14.4. The van der Waals surface area contributed by atoms with Gasteiger partial charge in [-0.05, 0) is 34.6 Å². The van der Waals surface area contributed by atoms with Gasteiger partial charge in [0.2, 0.25) is 0 Å². The lowest BCUT2D eigenvalue weighted by molar-refractivity contribution is -0.00236. The maximum atomic E-state index is 5.57. The molecule has 0 aliphatic rings. The fraction of sp³-hybridized carbons (Fsp3) is 1.00. The van der Waals surface area contributed by atoms with Gasteiger partial charge in [0.05, 0.1) is 18.3 Å². The van der Waals surface area contributed by atoms with Crippen LogP contribution in [0.4, 0.5) is 0 Å². The fourth-order valence-electron chi connectivity index (χ4n) is 1.08. The van der Waals surface area contributed by atoms with Crippen LogP contribution in [0.5, 0.6) is 0 Å². The molecule has 0 saturated carbocycles. The third-order valence-corrected chi connectivity index (χ3v) is 1.70. The average molecular weight is 203 g/mol. The van der Waals surface area contributed by atoms with E-state index in [0.29, 0.717) is 0 Å². The van der Waals surface area contributed by atoms with E-state index in [0.717, 1.165) is 26.3 Å². The largest absolute Gasteiger partial charge is 0.377 e. The second kappa shape index (κ2) is 7.21. The molecule has 1 unspecified atom stereocenters. The second-order valence-corrected chi connectivity index (χ2v) is 4.43. The van der Waals surface area contributed by atoms with Crippen molar-refractivity contribution in [1.29, 1.82) is 0 Å². The van der Waals surface area contributed by atoms with E-state index in [1.165, 1.54) is 0 Å². The Morgan fingerprint density at radius 1 is 1.29 bits per heavy atom. The zero-order valence-corrected chi connectivity index (χ0v) is 10.2. The number of hydrogen-bond acceptors (Lipinski definition) is 3. The van der Waals surface area contributed by atoms with E-state index in [2.05, 4.69) is 33.0 Å². The molecule has 3 heteroatoms. The maximum absolute atomic E-state index is 5.57. The molecule has 0 spiro atoms. The summed E-state index contributed by atoms with van der Waals surface area (Å²) in [6.07, 6.45) is 0.287. The first-order valence-corrected chi connectivity index (χ1v) is 5.42. The lowest BCUT2D eigenvalue weighted by Gasteiger charge is -2.20. The van der Waals surface area contributed by atoms with Crippen molar-refractivity contribution in [1.82, 2.24) is 5.32 Å². The first kappa shape index (κ1) is 13.9. The number of rotatable bonds is 7. The van der Waals surface area contributed by atoms with Gasteiger partial charge in [0, 0.05) is 19.7 Å². The van der Waals surface area contributed by atoms with E-state index < -0.39 is 0 Å². The van der Waals surface area contributed by atoms with Crippen molar-refractivity contribution >= 4 is 0 Å². The van der Waals surface area contributed by atoms with Crippen molar-refractivity contribution in [3.05, 3.63) is 0 Å². The highest BCUT2D eigenvalue weighted by Crippen LogP contribution is 2.04. The summed E-state index contributed by atoms with van der Waals surface area (Å²) in [4.78, 5) is 0. The van der Waals surface area contributed by atoms with Gasteiger partial charge in [0.25, 0.3) is 0 Å². The minimum Gasteiger partial charge on any atom is -0.377 e. The Morgan fingerprint density at radius 2 is 1.93 bits per heavy atom. The van der Waals surface area contributed by atoms with Crippen LogP contribution < -0.4 is 5.32 Å². The molecule has 1 atom stereocenters. The van der Waals surface area contributed by atoms with Gasteiger partial charge >= 0.3 is 0 Å². The third-order valence-electron chi connectivity index (χ3n) is 1.70. The highest BCUT2D eigenvalue weighted by atomic mass is 16.5. The lowest BCUT2D eigenvalue weighted by Crippen LogP contribution is -2.31. The van der Waals surface area contributed by atoms with Gasteiger partial charge in [-0.3, -0.25) is 0 Å². The van der Waals surface area contributed by atoms with Gasteiger partial charge in [-0.25, -0.2) is 0 Å². The van der Waals surface area contributed by atoms with Crippen LogP contribution >= 0.6 is 0 Å². The van der Waals surface area contributed by atoms with Crippen molar-refractivity contribution in [2.75, 3.05) is 26.3 Å². The Hall–Kier alpha value is -0.120. The predicted molar refractivity (Wildman–Crippen MR) is 59.7 cm³/mol. The summed E-state index contributed by atoms with van der Waals surface area (Å²) in [6.45, 7) is 13.6. The van der Waals surface area contributed by atoms with E-state index in [9.17, 15) is 0 Å². The average Bonchev–Trinajstić information content (AvgIpc) is 2.02. The van der Waals surface area contributed by atoms with E-state index >= 15 is 0 Å². The third kappa shape index (κ3) is 9.96. The van der Waals surface area contributed by atoms with Crippen LogP contribution in [0.25, 0.3) is 0 Å². The standard InChI is InChI=1S/C11H25NO2/c1-6-13-10(2)9-12-7-8-14-11(3,4)5/h10,12H,6-9H2,1-5H3. The lowest BCUT2D eigenvalue weighted by atomic mass is 10.2. The molecule has 0 aromatic heterocycles. The first-order valence-electron chi connectivity index (χ1n) is 5.42. The molecule has 0 aliphatic carbocycles. The Labute approximate surface area is 88.2 Å². The molecule has 0 aliphatic heterocycles. The summed E-state index contributed by atoms with van der Waals surface area (Å²) in [5, 5.41) is 3.29. The molecule has 86 valence electrons. The van der Waals surface area contributed by atoms with E-state index in [1.54, 1.807) is 0 Å². The quantitative estimate of drug-likeness (QED) is 0.640. The number of ether oxygens (including phenoxy) is 2. The smallest absolute Gasteiger partial charge is 0.0671 e. The molecule has 1 N–H and O–H groups in total. The van der Waals surface area contributed by atoms with E-state index in [4.69, 9.17) is 9.47 Å². The van der Waals surface area contributed by atoms with Crippen molar-refractivity contribution in [3.8, 4) is 0 Å². The predicted octanol–water partition coefficient (Wildman–Crippen LogP) is 1.82. The van der Waals surface area contributed by atoms with Crippen LogP contribution in [-0.4, -0.2) is 38.0 Å². The molecule has 0 radical (unpaired) electrons. The molecule has 14 heavy (non-hydrogen) atoms. The minimum atomic E-state index is -0.0345. The molecule has 0 fully saturated rings.